The zero-order valence-corrected chi connectivity index (χ0v) is 24.3. The van der Waals surface area contributed by atoms with E-state index in [1.807, 2.05) is 78.9 Å². The Hall–Kier alpha value is -4.41. The van der Waals surface area contributed by atoms with E-state index in [0.29, 0.717) is 22.4 Å². The van der Waals surface area contributed by atoms with Gasteiger partial charge in [0.1, 0.15) is 18.1 Å². The number of rotatable bonds is 9. The van der Waals surface area contributed by atoms with Crippen molar-refractivity contribution in [3.63, 3.8) is 0 Å². The number of methoxy groups -OCH3 is 1. The lowest BCUT2D eigenvalue weighted by molar-refractivity contribution is -0.384. The van der Waals surface area contributed by atoms with Gasteiger partial charge in [0.25, 0.3) is 11.6 Å². The van der Waals surface area contributed by atoms with Crippen LogP contribution in [-0.2, 0) is 17.9 Å². The minimum atomic E-state index is -0.434. The Morgan fingerprint density at radius 1 is 0.976 bits per heavy atom. The number of hydrogen-bond acceptors (Lipinski definition) is 7. The molecule has 0 aliphatic carbocycles. The molecule has 1 heterocycles. The van der Waals surface area contributed by atoms with Crippen LogP contribution in [0.3, 0.4) is 0 Å². The normalized spacial score (nSPS) is 15.0. The van der Waals surface area contributed by atoms with E-state index in [1.165, 1.54) is 23.9 Å². The molecule has 0 unspecified atom stereocenters. The first kappa shape index (κ1) is 28.1. The maximum atomic E-state index is 13.6. The molecule has 1 aliphatic rings. The highest BCUT2D eigenvalue weighted by molar-refractivity contribution is 9.10. The summed E-state index contributed by atoms with van der Waals surface area (Å²) in [6.07, 6.45) is 1.84. The standard InChI is InChI=1S/C31H24BrN3O5S/c1-39-26-14-9-21(10-15-26)19-34-30(36)29(41-31(34)33-24-5-3-2-4-6-24)18-23-11-16-28(27(32)17-23)40-20-22-7-12-25(13-8-22)35(37)38/h2-18H,19-20H2,1H3/b29-18-,33-31?. The Labute approximate surface area is 249 Å². The lowest BCUT2D eigenvalue weighted by Crippen LogP contribution is -2.28. The molecule has 0 saturated carbocycles. The van der Waals surface area contributed by atoms with Crippen LogP contribution in [0.15, 0.2) is 111 Å². The number of nitro groups is 1. The van der Waals surface area contributed by atoms with Gasteiger partial charge in [0.15, 0.2) is 5.17 Å². The molecule has 8 nitrogen and oxygen atoms in total. The number of benzene rings is 4. The Balaban J connectivity index is 1.35. The molecule has 5 rings (SSSR count). The van der Waals surface area contributed by atoms with Crippen molar-refractivity contribution in [2.75, 3.05) is 7.11 Å². The van der Waals surface area contributed by atoms with Crippen molar-refractivity contribution in [2.24, 2.45) is 4.99 Å². The van der Waals surface area contributed by atoms with Crippen LogP contribution in [0.1, 0.15) is 16.7 Å². The molecule has 4 aromatic rings. The largest absolute Gasteiger partial charge is 0.497 e. The zero-order valence-electron chi connectivity index (χ0n) is 21.9. The number of ether oxygens (including phenoxy) is 2. The molecule has 0 bridgehead atoms. The van der Waals surface area contributed by atoms with Crippen LogP contribution in [0.2, 0.25) is 0 Å². The SMILES string of the molecule is COc1ccc(CN2C(=O)/C(=C/c3ccc(OCc4ccc([N+](=O)[O-])cc4)c(Br)c3)SC2=Nc2ccccc2)cc1. The van der Waals surface area contributed by atoms with E-state index in [0.717, 1.165) is 32.6 Å². The van der Waals surface area contributed by atoms with Crippen molar-refractivity contribution >= 4 is 56.2 Å². The smallest absolute Gasteiger partial charge is 0.269 e. The fourth-order valence-corrected chi connectivity index (χ4v) is 5.52. The van der Waals surface area contributed by atoms with Crippen LogP contribution < -0.4 is 9.47 Å². The first-order chi connectivity index (χ1) is 19.9. The summed E-state index contributed by atoms with van der Waals surface area (Å²) in [7, 11) is 1.62. The van der Waals surface area contributed by atoms with Gasteiger partial charge in [-0.25, -0.2) is 4.99 Å². The lowest BCUT2D eigenvalue weighted by atomic mass is 10.2. The third-order valence-electron chi connectivity index (χ3n) is 6.16. The van der Waals surface area contributed by atoms with E-state index in [2.05, 4.69) is 15.9 Å². The zero-order chi connectivity index (χ0) is 28.8. The second kappa shape index (κ2) is 12.8. The van der Waals surface area contributed by atoms with Gasteiger partial charge >= 0.3 is 0 Å². The Bertz CT molecular complexity index is 1620. The number of halogens is 1. The molecule has 1 saturated heterocycles. The van der Waals surface area contributed by atoms with Gasteiger partial charge in [0.05, 0.1) is 33.6 Å². The van der Waals surface area contributed by atoms with Crippen LogP contribution in [-0.4, -0.2) is 28.0 Å². The molecule has 41 heavy (non-hydrogen) atoms. The van der Waals surface area contributed by atoms with Crippen molar-refractivity contribution in [2.45, 2.75) is 13.2 Å². The molecule has 0 aromatic heterocycles. The molecule has 1 amide bonds. The predicted molar refractivity (Wildman–Crippen MR) is 164 cm³/mol. The topological polar surface area (TPSA) is 94.3 Å². The van der Waals surface area contributed by atoms with Crippen molar-refractivity contribution in [1.82, 2.24) is 4.90 Å². The van der Waals surface area contributed by atoms with Crippen LogP contribution in [0.25, 0.3) is 6.08 Å². The number of nitro benzene ring substituents is 1. The van der Waals surface area contributed by atoms with Gasteiger partial charge in [0.2, 0.25) is 0 Å². The molecule has 1 aliphatic heterocycles. The average molecular weight is 631 g/mol. The van der Waals surface area contributed by atoms with E-state index in [1.54, 1.807) is 24.1 Å². The second-order valence-electron chi connectivity index (χ2n) is 8.98. The first-order valence-corrected chi connectivity index (χ1v) is 14.1. The maximum absolute atomic E-state index is 13.6. The highest BCUT2D eigenvalue weighted by Gasteiger charge is 2.33. The predicted octanol–water partition coefficient (Wildman–Crippen LogP) is 7.75. The summed E-state index contributed by atoms with van der Waals surface area (Å²) in [5, 5.41) is 11.5. The Morgan fingerprint density at radius 2 is 1.68 bits per heavy atom. The van der Waals surface area contributed by atoms with E-state index >= 15 is 0 Å². The van der Waals surface area contributed by atoms with E-state index in [9.17, 15) is 14.9 Å². The quantitative estimate of drug-likeness (QED) is 0.107. The monoisotopic (exact) mass is 629 g/mol. The summed E-state index contributed by atoms with van der Waals surface area (Å²) in [6, 6.07) is 29.0. The Kier molecular flexibility index (Phi) is 8.81. The number of amidine groups is 1. The number of nitrogens with zero attached hydrogens (tertiary/aromatic N) is 3. The van der Waals surface area contributed by atoms with Crippen LogP contribution in [0, 0.1) is 10.1 Å². The van der Waals surface area contributed by atoms with E-state index in [4.69, 9.17) is 14.5 Å². The molecular weight excluding hydrogens is 606 g/mol. The summed E-state index contributed by atoms with van der Waals surface area (Å²) < 4.78 is 11.9. The number of para-hydroxylation sites is 1. The van der Waals surface area contributed by atoms with Crippen molar-refractivity contribution < 1.29 is 19.2 Å². The minimum absolute atomic E-state index is 0.0335. The minimum Gasteiger partial charge on any atom is -0.497 e. The van der Waals surface area contributed by atoms with Gasteiger partial charge in [-0.15, -0.1) is 0 Å². The van der Waals surface area contributed by atoms with Crippen molar-refractivity contribution in [1.29, 1.82) is 0 Å². The lowest BCUT2D eigenvalue weighted by Gasteiger charge is -2.16. The summed E-state index contributed by atoms with van der Waals surface area (Å²) in [5.41, 5.74) is 3.39. The number of thioether (sulfide) groups is 1. The molecular formula is C31H24BrN3O5S. The third-order valence-corrected chi connectivity index (χ3v) is 7.79. The Morgan fingerprint density at radius 3 is 2.34 bits per heavy atom. The number of non-ortho nitro benzene ring substituents is 1. The fourth-order valence-electron chi connectivity index (χ4n) is 4.01. The molecule has 10 heteroatoms. The van der Waals surface area contributed by atoms with E-state index in [-0.39, 0.29) is 18.2 Å². The second-order valence-corrected chi connectivity index (χ2v) is 10.8. The number of aliphatic imine (C=N–C) groups is 1. The van der Waals surface area contributed by atoms with Crippen molar-refractivity contribution in [3.8, 4) is 11.5 Å². The molecule has 0 atom stereocenters. The summed E-state index contributed by atoms with van der Waals surface area (Å²) in [4.78, 5) is 31.0. The number of hydrogen-bond donors (Lipinski definition) is 0. The molecule has 4 aromatic carbocycles. The molecule has 1 fully saturated rings. The molecule has 0 spiro atoms. The average Bonchev–Trinajstić information content (AvgIpc) is 3.26. The fraction of sp³-hybridized carbons (Fsp3) is 0.0968. The van der Waals surface area contributed by atoms with Gasteiger partial charge in [-0.3, -0.25) is 19.8 Å². The highest BCUT2D eigenvalue weighted by Crippen LogP contribution is 2.36. The van der Waals surface area contributed by atoms with Gasteiger partial charge in [-0.1, -0.05) is 36.4 Å². The van der Waals surface area contributed by atoms with Gasteiger partial charge in [-0.2, -0.15) is 0 Å². The summed E-state index contributed by atoms with van der Waals surface area (Å²) in [6.45, 7) is 0.628. The maximum Gasteiger partial charge on any atom is 0.269 e. The van der Waals surface area contributed by atoms with Gasteiger partial charge in [0, 0.05) is 12.1 Å². The summed E-state index contributed by atoms with van der Waals surface area (Å²) in [5.74, 6) is 1.24. The molecule has 206 valence electrons. The number of carbonyl (C=O) groups excluding carboxylic acids is 1. The van der Waals surface area contributed by atoms with Crippen LogP contribution in [0.5, 0.6) is 11.5 Å². The van der Waals surface area contributed by atoms with Crippen molar-refractivity contribution in [3.05, 3.63) is 133 Å². The van der Waals surface area contributed by atoms with Crippen LogP contribution >= 0.6 is 27.7 Å². The third kappa shape index (κ3) is 7.03. The number of carbonyl (C=O) groups is 1. The molecule has 0 N–H and O–H groups in total. The van der Waals surface area contributed by atoms with E-state index < -0.39 is 4.92 Å². The summed E-state index contributed by atoms with van der Waals surface area (Å²) >= 11 is 4.89. The first-order valence-electron chi connectivity index (χ1n) is 12.5. The number of amides is 1. The highest BCUT2D eigenvalue weighted by atomic mass is 79.9. The molecule has 0 radical (unpaired) electrons. The van der Waals surface area contributed by atoms with Gasteiger partial charge < -0.3 is 9.47 Å². The van der Waals surface area contributed by atoms with Crippen LogP contribution in [0.4, 0.5) is 11.4 Å². The van der Waals surface area contributed by atoms with Gasteiger partial charge in [-0.05, 0) is 99.0 Å².